The summed E-state index contributed by atoms with van der Waals surface area (Å²) in [6.45, 7) is 3.61. The van der Waals surface area contributed by atoms with Crippen molar-refractivity contribution < 1.29 is 9.53 Å². The molecule has 3 aromatic carbocycles. The van der Waals surface area contributed by atoms with Crippen molar-refractivity contribution in [2.24, 2.45) is 0 Å². The first kappa shape index (κ1) is 23.5. The molecule has 0 amide bonds. The Kier molecular flexibility index (Phi) is 6.89. The lowest BCUT2D eigenvalue weighted by Crippen LogP contribution is -2.07. The van der Waals surface area contributed by atoms with Crippen LogP contribution in [0.5, 0.6) is 5.88 Å². The Morgan fingerprint density at radius 2 is 1.47 bits per heavy atom. The van der Waals surface area contributed by atoms with E-state index in [0.29, 0.717) is 24.4 Å². The van der Waals surface area contributed by atoms with E-state index in [1.165, 1.54) is 12.5 Å². The molecule has 2 aromatic heterocycles. The summed E-state index contributed by atoms with van der Waals surface area (Å²) in [6, 6.07) is 28.8. The molecule has 0 atom stereocenters. The minimum atomic E-state index is -0.375. The number of nitrogens with zero attached hydrogens (tertiary/aromatic N) is 3. The number of hydrogen-bond donors (Lipinski definition) is 0. The third-order valence-corrected chi connectivity index (χ3v) is 6.13. The number of rotatable bonds is 8. The Labute approximate surface area is 211 Å². The van der Waals surface area contributed by atoms with Crippen molar-refractivity contribution in [2.45, 2.75) is 39.5 Å². The average molecular weight is 476 g/mol. The number of ether oxygens (including phenoxy) is 1. The molecule has 5 rings (SSSR count). The molecule has 5 nitrogen and oxygen atoms in total. The van der Waals surface area contributed by atoms with Gasteiger partial charge in [0, 0.05) is 31.5 Å². The van der Waals surface area contributed by atoms with Crippen LogP contribution in [0.4, 0.5) is 0 Å². The number of imidazole rings is 1. The van der Waals surface area contributed by atoms with Crippen molar-refractivity contribution in [3.05, 3.63) is 119 Å². The molecule has 0 aliphatic carbocycles. The summed E-state index contributed by atoms with van der Waals surface area (Å²) in [5.74, 6) is 0.0766. The number of aromatic nitrogens is 3. The summed E-state index contributed by atoms with van der Waals surface area (Å²) < 4.78 is 7.67. The Hall–Kier alpha value is -4.25. The molecule has 5 heteroatoms. The largest absolute Gasteiger partial charge is 0.407 e. The SMILES string of the molecule is CCCc1cccc(Cc2nc3c(Cc4ccccc4)nc(-c4ccccc4)cn3c2OC(C)=O)c1. The third-order valence-electron chi connectivity index (χ3n) is 6.13. The number of carbonyl (C=O) groups is 1. The molecular weight excluding hydrogens is 446 g/mol. The Morgan fingerprint density at radius 3 is 2.19 bits per heavy atom. The second-order valence-corrected chi connectivity index (χ2v) is 9.00. The predicted octanol–water partition coefficient (Wildman–Crippen LogP) is 6.46. The molecule has 36 heavy (non-hydrogen) atoms. The number of hydrogen-bond acceptors (Lipinski definition) is 4. The van der Waals surface area contributed by atoms with Gasteiger partial charge in [0.25, 0.3) is 0 Å². The van der Waals surface area contributed by atoms with E-state index in [-0.39, 0.29) is 5.97 Å². The van der Waals surface area contributed by atoms with Gasteiger partial charge in [0.2, 0.25) is 5.88 Å². The van der Waals surface area contributed by atoms with Crippen LogP contribution in [0.25, 0.3) is 16.9 Å². The fourth-order valence-electron chi connectivity index (χ4n) is 4.53. The second kappa shape index (κ2) is 10.6. The normalized spacial score (nSPS) is 11.1. The van der Waals surface area contributed by atoms with Crippen LogP contribution >= 0.6 is 0 Å². The molecule has 0 spiro atoms. The standard InChI is InChI=1S/C31H29N3O2/c1-3-11-23-14-10-15-25(18-23)20-28-31(36-22(2)35)34-21-29(26-16-8-5-9-17-26)32-27(30(34)33-28)19-24-12-6-4-7-13-24/h4-10,12-18,21H,3,11,19-20H2,1-2H3. The van der Waals surface area contributed by atoms with Gasteiger partial charge in [-0.1, -0.05) is 98.3 Å². The van der Waals surface area contributed by atoms with Gasteiger partial charge in [-0.05, 0) is 23.1 Å². The lowest BCUT2D eigenvalue weighted by Gasteiger charge is -2.10. The van der Waals surface area contributed by atoms with Crippen LogP contribution in [0.2, 0.25) is 0 Å². The molecule has 0 saturated heterocycles. The van der Waals surface area contributed by atoms with Gasteiger partial charge in [0.05, 0.1) is 11.4 Å². The molecule has 0 fully saturated rings. The average Bonchev–Trinajstić information content (AvgIpc) is 3.22. The topological polar surface area (TPSA) is 56.5 Å². The second-order valence-electron chi connectivity index (χ2n) is 9.00. The first-order valence-electron chi connectivity index (χ1n) is 12.4. The van der Waals surface area contributed by atoms with E-state index in [9.17, 15) is 4.79 Å². The zero-order valence-electron chi connectivity index (χ0n) is 20.6. The summed E-state index contributed by atoms with van der Waals surface area (Å²) in [5.41, 5.74) is 7.63. The van der Waals surface area contributed by atoms with Crippen molar-refractivity contribution in [1.82, 2.24) is 14.4 Å². The lowest BCUT2D eigenvalue weighted by molar-refractivity contribution is -0.132. The minimum absolute atomic E-state index is 0.375. The van der Waals surface area contributed by atoms with Crippen LogP contribution < -0.4 is 4.74 Å². The quantitative estimate of drug-likeness (QED) is 0.242. The number of benzene rings is 3. The Morgan fingerprint density at radius 1 is 0.806 bits per heavy atom. The highest BCUT2D eigenvalue weighted by Gasteiger charge is 2.21. The van der Waals surface area contributed by atoms with Crippen molar-refractivity contribution in [2.75, 3.05) is 0 Å². The molecule has 0 bridgehead atoms. The van der Waals surface area contributed by atoms with Gasteiger partial charge in [0.15, 0.2) is 5.65 Å². The first-order valence-corrected chi connectivity index (χ1v) is 12.4. The lowest BCUT2D eigenvalue weighted by atomic mass is 10.0. The summed E-state index contributed by atoms with van der Waals surface area (Å²) in [4.78, 5) is 22.2. The maximum Gasteiger partial charge on any atom is 0.309 e. The fraction of sp³-hybridized carbons (Fsp3) is 0.194. The molecule has 0 radical (unpaired) electrons. The van der Waals surface area contributed by atoms with E-state index < -0.39 is 0 Å². The van der Waals surface area contributed by atoms with E-state index >= 15 is 0 Å². The number of carbonyl (C=O) groups excluding carboxylic acids is 1. The third kappa shape index (κ3) is 5.20. The highest BCUT2D eigenvalue weighted by Crippen LogP contribution is 2.29. The van der Waals surface area contributed by atoms with E-state index in [1.54, 1.807) is 0 Å². The zero-order valence-corrected chi connectivity index (χ0v) is 20.6. The van der Waals surface area contributed by atoms with Gasteiger partial charge in [-0.2, -0.15) is 0 Å². The maximum absolute atomic E-state index is 12.2. The molecule has 5 aromatic rings. The van der Waals surface area contributed by atoms with Crippen LogP contribution in [0.15, 0.2) is 91.1 Å². The van der Waals surface area contributed by atoms with Crippen LogP contribution in [0.3, 0.4) is 0 Å². The zero-order chi connectivity index (χ0) is 24.9. The molecule has 0 aliphatic heterocycles. The van der Waals surface area contributed by atoms with Crippen LogP contribution in [-0.4, -0.2) is 20.3 Å². The van der Waals surface area contributed by atoms with Crippen LogP contribution in [0.1, 0.15) is 48.3 Å². The van der Waals surface area contributed by atoms with Gasteiger partial charge in [0.1, 0.15) is 5.69 Å². The Balaban J connectivity index is 1.67. The highest BCUT2D eigenvalue weighted by molar-refractivity contribution is 5.71. The van der Waals surface area contributed by atoms with Gasteiger partial charge < -0.3 is 4.74 Å². The van der Waals surface area contributed by atoms with E-state index in [2.05, 4.69) is 43.3 Å². The molecule has 0 unspecified atom stereocenters. The molecule has 0 N–H and O–H groups in total. The fourth-order valence-corrected chi connectivity index (χ4v) is 4.53. The monoisotopic (exact) mass is 475 g/mol. The summed E-state index contributed by atoms with van der Waals surface area (Å²) in [7, 11) is 0. The highest BCUT2D eigenvalue weighted by atomic mass is 16.5. The van der Waals surface area contributed by atoms with Crippen molar-refractivity contribution >= 4 is 11.6 Å². The van der Waals surface area contributed by atoms with Gasteiger partial charge in [-0.25, -0.2) is 9.97 Å². The maximum atomic E-state index is 12.2. The van der Waals surface area contributed by atoms with Gasteiger partial charge >= 0.3 is 5.97 Å². The van der Waals surface area contributed by atoms with Gasteiger partial charge in [-0.15, -0.1) is 0 Å². The van der Waals surface area contributed by atoms with E-state index in [1.807, 2.05) is 59.1 Å². The number of esters is 1. The molecule has 2 heterocycles. The number of aryl methyl sites for hydroxylation is 1. The molecule has 0 saturated carbocycles. The minimum Gasteiger partial charge on any atom is -0.407 e. The predicted molar refractivity (Wildman–Crippen MR) is 142 cm³/mol. The van der Waals surface area contributed by atoms with Crippen LogP contribution in [0, 0.1) is 0 Å². The van der Waals surface area contributed by atoms with Crippen molar-refractivity contribution in [1.29, 1.82) is 0 Å². The van der Waals surface area contributed by atoms with E-state index in [4.69, 9.17) is 14.7 Å². The van der Waals surface area contributed by atoms with Crippen molar-refractivity contribution in [3.63, 3.8) is 0 Å². The Bertz CT molecular complexity index is 1490. The van der Waals surface area contributed by atoms with Crippen molar-refractivity contribution in [3.8, 4) is 17.1 Å². The summed E-state index contributed by atoms with van der Waals surface area (Å²) in [6.07, 6.45) is 5.22. The molecular formula is C31H29N3O2. The van der Waals surface area contributed by atoms with Gasteiger partial charge in [-0.3, -0.25) is 9.20 Å². The molecule has 0 aliphatic rings. The number of fused-ring (bicyclic) bond motifs is 1. The summed E-state index contributed by atoms with van der Waals surface area (Å²) in [5, 5.41) is 0. The first-order chi connectivity index (χ1) is 17.6. The van der Waals surface area contributed by atoms with Crippen LogP contribution in [-0.2, 0) is 24.1 Å². The smallest absolute Gasteiger partial charge is 0.309 e. The molecule has 180 valence electrons. The van der Waals surface area contributed by atoms with E-state index in [0.717, 1.165) is 46.6 Å². The summed E-state index contributed by atoms with van der Waals surface area (Å²) >= 11 is 0.